The summed E-state index contributed by atoms with van der Waals surface area (Å²) >= 11 is 0. The van der Waals surface area contributed by atoms with Crippen LogP contribution < -0.4 is 4.74 Å². The Kier molecular flexibility index (Phi) is 8.23. The van der Waals surface area contributed by atoms with Gasteiger partial charge in [0, 0.05) is 11.6 Å². The van der Waals surface area contributed by atoms with Gasteiger partial charge in [-0.2, -0.15) is 0 Å². The summed E-state index contributed by atoms with van der Waals surface area (Å²) in [6.45, 7) is 2.85. The molecule has 1 aromatic heterocycles. The van der Waals surface area contributed by atoms with Crippen LogP contribution in [0.3, 0.4) is 0 Å². The van der Waals surface area contributed by atoms with Crippen molar-refractivity contribution >= 4 is 0 Å². The Balaban J connectivity index is 1.71. The van der Waals surface area contributed by atoms with E-state index in [-0.39, 0.29) is 11.6 Å². The van der Waals surface area contributed by atoms with E-state index in [0.29, 0.717) is 23.6 Å². The van der Waals surface area contributed by atoms with Gasteiger partial charge in [0.25, 0.3) is 0 Å². The number of pyridine rings is 1. The van der Waals surface area contributed by atoms with Crippen LogP contribution in [-0.4, -0.2) is 16.7 Å². The Morgan fingerprint density at radius 3 is 2.32 bits per heavy atom. The van der Waals surface area contributed by atoms with E-state index >= 15 is 0 Å². The van der Waals surface area contributed by atoms with Crippen molar-refractivity contribution < 1.29 is 14.2 Å². The third-order valence-electron chi connectivity index (χ3n) is 4.23. The highest BCUT2D eigenvalue weighted by atomic mass is 19.1. The number of rotatable bonds is 11. The summed E-state index contributed by atoms with van der Waals surface area (Å²) < 4.78 is 19.9. The van der Waals surface area contributed by atoms with Crippen molar-refractivity contribution in [3.8, 4) is 22.8 Å². The lowest BCUT2D eigenvalue weighted by Crippen LogP contribution is -1.98. The van der Waals surface area contributed by atoms with Crippen molar-refractivity contribution in [2.24, 2.45) is 0 Å². The van der Waals surface area contributed by atoms with Crippen molar-refractivity contribution in [1.82, 2.24) is 4.98 Å². The average Bonchev–Trinajstić information content (AvgIpc) is 2.61. The molecule has 0 saturated carbocycles. The van der Waals surface area contributed by atoms with Crippen LogP contribution in [0.2, 0.25) is 0 Å². The van der Waals surface area contributed by atoms with E-state index in [9.17, 15) is 9.50 Å². The molecule has 0 aliphatic carbocycles. The summed E-state index contributed by atoms with van der Waals surface area (Å²) in [4.78, 5) is 4.03. The molecule has 0 saturated heterocycles. The predicted molar refractivity (Wildman–Crippen MR) is 99.4 cm³/mol. The van der Waals surface area contributed by atoms with Crippen LogP contribution in [0.25, 0.3) is 11.3 Å². The minimum atomic E-state index is -0.369. The van der Waals surface area contributed by atoms with Gasteiger partial charge in [-0.25, -0.2) is 4.39 Å². The number of halogens is 1. The van der Waals surface area contributed by atoms with E-state index in [4.69, 9.17) is 4.74 Å². The Morgan fingerprint density at radius 2 is 1.68 bits per heavy atom. The van der Waals surface area contributed by atoms with Crippen LogP contribution in [0, 0.1) is 5.82 Å². The average molecular weight is 345 g/mol. The van der Waals surface area contributed by atoms with E-state index in [0.717, 1.165) is 12.8 Å². The first kappa shape index (κ1) is 19.2. The molecular weight excluding hydrogens is 317 g/mol. The van der Waals surface area contributed by atoms with E-state index in [1.807, 2.05) is 0 Å². The summed E-state index contributed by atoms with van der Waals surface area (Å²) in [5.74, 6) is 0.240. The van der Waals surface area contributed by atoms with Gasteiger partial charge in [-0.15, -0.1) is 0 Å². The number of hydrogen-bond acceptors (Lipinski definition) is 3. The molecule has 25 heavy (non-hydrogen) atoms. The molecule has 136 valence electrons. The maximum absolute atomic E-state index is 14.2. The summed E-state index contributed by atoms with van der Waals surface area (Å²) in [7, 11) is 0. The molecule has 0 radical (unpaired) electrons. The Bertz CT molecular complexity index is 628. The van der Waals surface area contributed by atoms with Gasteiger partial charge in [0.15, 0.2) is 0 Å². The fraction of sp³-hybridized carbons (Fsp3) is 0.476. The van der Waals surface area contributed by atoms with Gasteiger partial charge < -0.3 is 9.84 Å². The highest BCUT2D eigenvalue weighted by Gasteiger charge is 2.08. The van der Waals surface area contributed by atoms with Crippen molar-refractivity contribution in [2.75, 3.05) is 6.61 Å². The third-order valence-corrected chi connectivity index (χ3v) is 4.23. The number of unbranched alkanes of at least 4 members (excludes halogenated alkanes) is 7. The van der Waals surface area contributed by atoms with Crippen molar-refractivity contribution in [2.45, 2.75) is 58.3 Å². The first-order chi connectivity index (χ1) is 12.2. The number of aromatic hydroxyl groups is 1. The van der Waals surface area contributed by atoms with Crippen LogP contribution in [0.4, 0.5) is 4.39 Å². The van der Waals surface area contributed by atoms with Crippen LogP contribution in [0.1, 0.15) is 58.3 Å². The van der Waals surface area contributed by atoms with Crippen LogP contribution in [0.5, 0.6) is 11.5 Å². The molecule has 0 aliphatic heterocycles. The first-order valence-electron chi connectivity index (χ1n) is 9.28. The molecule has 3 nitrogen and oxygen atoms in total. The molecule has 1 aromatic carbocycles. The minimum absolute atomic E-state index is 0.0643. The second-order valence-electron chi connectivity index (χ2n) is 6.37. The van der Waals surface area contributed by atoms with Gasteiger partial charge in [0.1, 0.15) is 17.3 Å². The maximum atomic E-state index is 14.2. The number of ether oxygens (including phenoxy) is 1. The second kappa shape index (κ2) is 10.7. The number of benzene rings is 1. The summed E-state index contributed by atoms with van der Waals surface area (Å²) in [5, 5.41) is 9.25. The summed E-state index contributed by atoms with van der Waals surface area (Å²) in [6.07, 6.45) is 11.3. The summed E-state index contributed by atoms with van der Waals surface area (Å²) in [5.41, 5.74) is 0.893. The van der Waals surface area contributed by atoms with Crippen molar-refractivity contribution in [3.05, 3.63) is 42.3 Å². The summed E-state index contributed by atoms with van der Waals surface area (Å²) in [6, 6.07) is 7.91. The quantitative estimate of drug-likeness (QED) is 0.499. The topological polar surface area (TPSA) is 42.4 Å². The highest BCUT2D eigenvalue weighted by Crippen LogP contribution is 2.25. The van der Waals surface area contributed by atoms with Gasteiger partial charge >= 0.3 is 0 Å². The fourth-order valence-corrected chi connectivity index (χ4v) is 2.76. The molecule has 0 atom stereocenters. The van der Waals surface area contributed by atoms with E-state index in [1.54, 1.807) is 18.2 Å². The fourth-order valence-electron chi connectivity index (χ4n) is 2.76. The van der Waals surface area contributed by atoms with Crippen LogP contribution in [0.15, 0.2) is 36.5 Å². The van der Waals surface area contributed by atoms with E-state index < -0.39 is 0 Å². The van der Waals surface area contributed by atoms with E-state index in [1.165, 1.54) is 56.9 Å². The third kappa shape index (κ3) is 6.73. The van der Waals surface area contributed by atoms with Gasteiger partial charge in [-0.05, 0) is 30.7 Å². The van der Waals surface area contributed by atoms with Gasteiger partial charge in [0.05, 0.1) is 18.5 Å². The Hall–Kier alpha value is -2.10. The molecule has 1 heterocycles. The maximum Gasteiger partial charge on any atom is 0.136 e. The molecule has 0 aliphatic rings. The molecule has 0 fully saturated rings. The zero-order valence-corrected chi connectivity index (χ0v) is 15.0. The van der Waals surface area contributed by atoms with E-state index in [2.05, 4.69) is 11.9 Å². The lowest BCUT2D eigenvalue weighted by molar-refractivity contribution is 0.303. The SMILES string of the molecule is CCCCCCCCCCOc1ccc(-c2ccc(O)cn2)c(F)c1. The van der Waals surface area contributed by atoms with Crippen molar-refractivity contribution in [3.63, 3.8) is 0 Å². The standard InChI is InChI=1S/C21H28FNO2/c1-2-3-4-5-6-7-8-9-14-25-18-11-12-19(20(22)15-18)21-13-10-17(24)16-23-21/h10-13,15-16,24H,2-9,14H2,1H3. The molecule has 0 amide bonds. The lowest BCUT2D eigenvalue weighted by atomic mass is 10.1. The normalized spacial score (nSPS) is 10.8. The molecule has 1 N–H and O–H groups in total. The minimum Gasteiger partial charge on any atom is -0.506 e. The lowest BCUT2D eigenvalue weighted by Gasteiger charge is -2.08. The predicted octanol–water partition coefficient (Wildman–Crippen LogP) is 6.11. The molecule has 2 rings (SSSR count). The zero-order valence-electron chi connectivity index (χ0n) is 15.0. The van der Waals surface area contributed by atoms with Crippen molar-refractivity contribution in [1.29, 1.82) is 0 Å². The van der Waals surface area contributed by atoms with Gasteiger partial charge in [-0.3, -0.25) is 4.98 Å². The van der Waals surface area contributed by atoms with Crippen LogP contribution >= 0.6 is 0 Å². The molecule has 0 bridgehead atoms. The first-order valence-corrected chi connectivity index (χ1v) is 9.28. The second-order valence-corrected chi connectivity index (χ2v) is 6.37. The smallest absolute Gasteiger partial charge is 0.136 e. The van der Waals surface area contributed by atoms with Gasteiger partial charge in [0.2, 0.25) is 0 Å². The Labute approximate surface area is 149 Å². The molecule has 0 unspecified atom stereocenters. The number of hydrogen-bond donors (Lipinski definition) is 1. The Morgan fingerprint density at radius 1 is 0.960 bits per heavy atom. The largest absolute Gasteiger partial charge is 0.506 e. The number of nitrogens with zero attached hydrogens (tertiary/aromatic N) is 1. The zero-order chi connectivity index (χ0) is 17.9. The molecule has 0 spiro atoms. The monoisotopic (exact) mass is 345 g/mol. The highest BCUT2D eigenvalue weighted by molar-refractivity contribution is 5.61. The molecular formula is C21H28FNO2. The molecule has 4 heteroatoms. The molecule has 2 aromatic rings. The van der Waals surface area contributed by atoms with Gasteiger partial charge in [-0.1, -0.05) is 51.9 Å². The van der Waals surface area contributed by atoms with Crippen LogP contribution in [-0.2, 0) is 0 Å². The number of aromatic nitrogens is 1.